The molecule has 2 saturated heterocycles. The zero-order valence-electron chi connectivity index (χ0n) is 11.7. The molecule has 0 radical (unpaired) electrons. The third-order valence-electron chi connectivity index (χ3n) is 4.41. The molecular formula is C14H28N2OS. The molecule has 2 heterocycles. The summed E-state index contributed by atoms with van der Waals surface area (Å²) < 4.78 is 5.91. The average molecular weight is 272 g/mol. The molecule has 2 aliphatic heterocycles. The molecule has 2 unspecified atom stereocenters. The lowest BCUT2D eigenvalue weighted by Gasteiger charge is -2.48. The fraction of sp³-hybridized carbons (Fsp3) is 1.00. The van der Waals surface area contributed by atoms with Crippen LogP contribution in [0.4, 0.5) is 0 Å². The Morgan fingerprint density at radius 1 is 1.39 bits per heavy atom. The van der Waals surface area contributed by atoms with Crippen molar-refractivity contribution in [2.24, 2.45) is 5.73 Å². The minimum absolute atomic E-state index is 0.225. The van der Waals surface area contributed by atoms with Crippen molar-refractivity contribution in [2.75, 3.05) is 37.7 Å². The lowest BCUT2D eigenvalue weighted by atomic mass is 9.83. The molecule has 2 aliphatic rings. The van der Waals surface area contributed by atoms with Crippen LogP contribution in [0.2, 0.25) is 0 Å². The predicted octanol–water partition coefficient (Wildman–Crippen LogP) is 2.10. The van der Waals surface area contributed by atoms with Crippen molar-refractivity contribution in [1.82, 2.24) is 4.90 Å². The summed E-state index contributed by atoms with van der Waals surface area (Å²) >= 11 is 2.09. The summed E-state index contributed by atoms with van der Waals surface area (Å²) in [4.78, 5) is 2.68. The van der Waals surface area contributed by atoms with Crippen LogP contribution < -0.4 is 5.73 Å². The molecule has 0 saturated carbocycles. The molecule has 18 heavy (non-hydrogen) atoms. The smallest absolute Gasteiger partial charge is 0.0593 e. The van der Waals surface area contributed by atoms with E-state index in [0.717, 1.165) is 26.0 Å². The number of nitrogens with two attached hydrogens (primary N) is 1. The number of nitrogens with zero attached hydrogens (tertiary/aromatic N) is 1. The van der Waals surface area contributed by atoms with E-state index in [0.29, 0.717) is 6.10 Å². The van der Waals surface area contributed by atoms with Crippen molar-refractivity contribution in [3.05, 3.63) is 0 Å². The highest BCUT2D eigenvalue weighted by atomic mass is 32.2. The quantitative estimate of drug-likeness (QED) is 0.850. The standard InChI is InChI=1S/C14H28N2OS/c1-2-4-13-11-14(12-15,5-8-17-13)16-6-3-9-18-10-7-16/h13H,2-12,15H2,1H3. The third kappa shape index (κ3) is 3.41. The Kier molecular flexibility index (Phi) is 5.80. The first-order valence-electron chi connectivity index (χ1n) is 7.45. The maximum absolute atomic E-state index is 6.17. The zero-order chi connectivity index (χ0) is 12.8. The van der Waals surface area contributed by atoms with Crippen LogP contribution in [0.3, 0.4) is 0 Å². The lowest BCUT2D eigenvalue weighted by molar-refractivity contribution is -0.0719. The van der Waals surface area contributed by atoms with Crippen molar-refractivity contribution in [1.29, 1.82) is 0 Å². The molecule has 2 atom stereocenters. The van der Waals surface area contributed by atoms with Gasteiger partial charge in [0, 0.05) is 31.0 Å². The van der Waals surface area contributed by atoms with Gasteiger partial charge in [-0.05, 0) is 38.0 Å². The SMILES string of the molecule is CCCC1CC(CN)(N2CCCSCC2)CCO1. The molecule has 2 rings (SSSR count). The Hall–Kier alpha value is 0.230. The van der Waals surface area contributed by atoms with E-state index in [9.17, 15) is 0 Å². The predicted molar refractivity (Wildman–Crippen MR) is 79.2 cm³/mol. The van der Waals surface area contributed by atoms with Gasteiger partial charge < -0.3 is 10.5 Å². The van der Waals surface area contributed by atoms with Crippen LogP contribution in [0.5, 0.6) is 0 Å². The molecule has 3 nitrogen and oxygen atoms in total. The molecule has 0 aromatic carbocycles. The molecule has 2 fully saturated rings. The molecule has 0 amide bonds. The van der Waals surface area contributed by atoms with Crippen molar-refractivity contribution >= 4 is 11.8 Å². The Balaban J connectivity index is 2.02. The summed E-state index contributed by atoms with van der Waals surface area (Å²) in [5.74, 6) is 2.58. The molecule has 0 bridgehead atoms. The van der Waals surface area contributed by atoms with Crippen molar-refractivity contribution < 1.29 is 4.74 Å². The minimum Gasteiger partial charge on any atom is -0.378 e. The molecule has 0 spiro atoms. The number of hydrogen-bond acceptors (Lipinski definition) is 4. The molecule has 4 heteroatoms. The van der Waals surface area contributed by atoms with Crippen LogP contribution in [0.25, 0.3) is 0 Å². The van der Waals surface area contributed by atoms with Crippen LogP contribution in [-0.2, 0) is 4.74 Å². The van der Waals surface area contributed by atoms with Gasteiger partial charge in [0.15, 0.2) is 0 Å². The van der Waals surface area contributed by atoms with Gasteiger partial charge in [-0.2, -0.15) is 11.8 Å². The fourth-order valence-electron chi connectivity index (χ4n) is 3.33. The lowest BCUT2D eigenvalue weighted by Crippen LogP contribution is -2.59. The summed E-state index contributed by atoms with van der Waals surface area (Å²) in [7, 11) is 0. The zero-order valence-corrected chi connectivity index (χ0v) is 12.5. The Labute approximate surface area is 116 Å². The average Bonchev–Trinajstić information content (AvgIpc) is 2.68. The summed E-state index contributed by atoms with van der Waals surface area (Å²) in [5, 5.41) is 0. The number of ether oxygens (including phenoxy) is 1. The van der Waals surface area contributed by atoms with Gasteiger partial charge in [-0.25, -0.2) is 0 Å². The minimum atomic E-state index is 0.225. The van der Waals surface area contributed by atoms with Gasteiger partial charge in [0.25, 0.3) is 0 Å². The van der Waals surface area contributed by atoms with Crippen LogP contribution in [0, 0.1) is 0 Å². The summed E-state index contributed by atoms with van der Waals surface area (Å²) in [5.41, 5.74) is 6.40. The molecule has 2 N–H and O–H groups in total. The van der Waals surface area contributed by atoms with E-state index in [-0.39, 0.29) is 5.54 Å². The molecule has 0 aromatic heterocycles. The highest BCUT2D eigenvalue weighted by Crippen LogP contribution is 2.33. The second-order valence-corrected chi connectivity index (χ2v) is 6.84. The van der Waals surface area contributed by atoms with Gasteiger partial charge in [0.2, 0.25) is 0 Å². The summed E-state index contributed by atoms with van der Waals surface area (Å²) in [6.07, 6.45) is 6.40. The first-order chi connectivity index (χ1) is 8.80. The van der Waals surface area contributed by atoms with E-state index in [1.165, 1.54) is 43.9 Å². The van der Waals surface area contributed by atoms with Crippen molar-refractivity contribution in [3.63, 3.8) is 0 Å². The van der Waals surface area contributed by atoms with Gasteiger partial charge in [0.1, 0.15) is 0 Å². The van der Waals surface area contributed by atoms with Crippen molar-refractivity contribution in [3.8, 4) is 0 Å². The van der Waals surface area contributed by atoms with Crippen LogP contribution >= 0.6 is 11.8 Å². The summed E-state index contributed by atoms with van der Waals surface area (Å²) in [6, 6.07) is 0. The Bertz CT molecular complexity index is 242. The van der Waals surface area contributed by atoms with Gasteiger partial charge in [-0.15, -0.1) is 0 Å². The highest BCUT2D eigenvalue weighted by Gasteiger charge is 2.40. The molecule has 106 valence electrons. The maximum Gasteiger partial charge on any atom is 0.0593 e. The number of thioether (sulfide) groups is 1. The number of rotatable bonds is 4. The Morgan fingerprint density at radius 2 is 2.28 bits per heavy atom. The third-order valence-corrected chi connectivity index (χ3v) is 5.46. The van der Waals surface area contributed by atoms with E-state index in [1.807, 2.05) is 0 Å². The molecular weight excluding hydrogens is 244 g/mol. The monoisotopic (exact) mass is 272 g/mol. The van der Waals surface area contributed by atoms with E-state index in [2.05, 4.69) is 23.6 Å². The van der Waals surface area contributed by atoms with Gasteiger partial charge in [0.05, 0.1) is 6.10 Å². The topological polar surface area (TPSA) is 38.5 Å². The first kappa shape index (κ1) is 14.6. The van der Waals surface area contributed by atoms with Crippen LogP contribution in [-0.4, -0.2) is 54.3 Å². The normalized spacial score (nSPS) is 35.3. The highest BCUT2D eigenvalue weighted by molar-refractivity contribution is 7.99. The first-order valence-corrected chi connectivity index (χ1v) is 8.61. The van der Waals surface area contributed by atoms with E-state index in [4.69, 9.17) is 10.5 Å². The largest absolute Gasteiger partial charge is 0.378 e. The van der Waals surface area contributed by atoms with Gasteiger partial charge >= 0.3 is 0 Å². The Morgan fingerprint density at radius 3 is 3.06 bits per heavy atom. The fourth-order valence-corrected chi connectivity index (χ4v) is 4.22. The maximum atomic E-state index is 6.17. The summed E-state index contributed by atoms with van der Waals surface area (Å²) in [6.45, 7) is 6.36. The van der Waals surface area contributed by atoms with Crippen molar-refractivity contribution in [2.45, 2.75) is 50.7 Å². The second kappa shape index (κ2) is 7.13. The van der Waals surface area contributed by atoms with E-state index < -0.39 is 0 Å². The van der Waals surface area contributed by atoms with Crippen LogP contribution in [0.1, 0.15) is 39.0 Å². The van der Waals surface area contributed by atoms with Crippen LogP contribution in [0.15, 0.2) is 0 Å². The van der Waals surface area contributed by atoms with E-state index in [1.54, 1.807) is 0 Å². The molecule has 0 aromatic rings. The number of hydrogen-bond donors (Lipinski definition) is 1. The second-order valence-electron chi connectivity index (χ2n) is 5.62. The van der Waals surface area contributed by atoms with Gasteiger partial charge in [-0.1, -0.05) is 13.3 Å². The molecule has 0 aliphatic carbocycles. The van der Waals surface area contributed by atoms with Gasteiger partial charge in [-0.3, -0.25) is 4.90 Å². The van der Waals surface area contributed by atoms with E-state index >= 15 is 0 Å².